The summed E-state index contributed by atoms with van der Waals surface area (Å²) >= 11 is 0. The minimum atomic E-state index is 0.474. The lowest BCUT2D eigenvalue weighted by Gasteiger charge is -2.38. The monoisotopic (exact) mass is 248 g/mol. The number of aromatic nitrogens is 2. The van der Waals surface area contributed by atoms with Crippen LogP contribution in [0.1, 0.15) is 39.2 Å². The van der Waals surface area contributed by atoms with Gasteiger partial charge in [0.2, 0.25) is 0 Å². The molecule has 1 aromatic rings. The molecule has 1 aliphatic rings. The molecular formula is C14H24N4. The lowest BCUT2D eigenvalue weighted by atomic mass is 9.82. The molecule has 2 rings (SSSR count). The average Bonchev–Trinajstić information content (AvgIpc) is 2.37. The normalized spacial score (nSPS) is 18.8. The zero-order chi connectivity index (χ0) is 13.2. The summed E-state index contributed by atoms with van der Waals surface area (Å²) in [6.45, 7) is 9.06. The third kappa shape index (κ3) is 2.57. The van der Waals surface area contributed by atoms with E-state index in [2.05, 4.69) is 41.0 Å². The minimum absolute atomic E-state index is 0.474. The van der Waals surface area contributed by atoms with Crippen LogP contribution in [0.3, 0.4) is 0 Å². The Hall–Kier alpha value is -1.32. The van der Waals surface area contributed by atoms with Crippen molar-refractivity contribution in [2.45, 2.75) is 40.0 Å². The van der Waals surface area contributed by atoms with E-state index < -0.39 is 0 Å². The van der Waals surface area contributed by atoms with Crippen LogP contribution >= 0.6 is 0 Å². The van der Waals surface area contributed by atoms with Crippen LogP contribution in [-0.4, -0.2) is 30.1 Å². The smallest absolute Gasteiger partial charge is 0.137 e. The highest BCUT2D eigenvalue weighted by molar-refractivity contribution is 5.58. The second-order valence-electron chi connectivity index (χ2n) is 5.78. The summed E-state index contributed by atoms with van der Waals surface area (Å²) in [5.41, 5.74) is 1.71. The maximum Gasteiger partial charge on any atom is 0.137 e. The van der Waals surface area contributed by atoms with Gasteiger partial charge in [-0.05, 0) is 24.7 Å². The van der Waals surface area contributed by atoms with Crippen molar-refractivity contribution in [1.82, 2.24) is 9.97 Å². The predicted molar refractivity (Wildman–Crippen MR) is 76.2 cm³/mol. The van der Waals surface area contributed by atoms with Crippen molar-refractivity contribution in [2.24, 2.45) is 5.41 Å². The van der Waals surface area contributed by atoms with E-state index in [0.717, 1.165) is 31.1 Å². The molecule has 0 aromatic carbocycles. The summed E-state index contributed by atoms with van der Waals surface area (Å²) in [5.74, 6) is 2.08. The van der Waals surface area contributed by atoms with E-state index in [1.165, 1.54) is 18.4 Å². The molecule has 4 nitrogen and oxygen atoms in total. The van der Waals surface area contributed by atoms with Gasteiger partial charge in [-0.25, -0.2) is 9.97 Å². The molecule has 0 amide bonds. The second kappa shape index (κ2) is 5.12. The minimum Gasteiger partial charge on any atom is -0.373 e. The SMILES string of the molecule is CCc1c(NC)ncnc1N1CCC(C)(C)CC1. The molecule has 0 bridgehead atoms. The molecule has 1 N–H and O–H groups in total. The molecule has 4 heteroatoms. The molecule has 0 unspecified atom stereocenters. The van der Waals surface area contributed by atoms with Gasteiger partial charge in [-0.1, -0.05) is 20.8 Å². The first-order chi connectivity index (χ1) is 8.57. The first-order valence-corrected chi connectivity index (χ1v) is 6.84. The van der Waals surface area contributed by atoms with Crippen LogP contribution in [-0.2, 0) is 6.42 Å². The van der Waals surface area contributed by atoms with E-state index in [-0.39, 0.29) is 0 Å². The highest BCUT2D eigenvalue weighted by atomic mass is 15.2. The maximum atomic E-state index is 4.50. The molecule has 1 fully saturated rings. The Bertz CT molecular complexity index is 404. The van der Waals surface area contributed by atoms with Crippen molar-refractivity contribution in [3.05, 3.63) is 11.9 Å². The van der Waals surface area contributed by atoms with Gasteiger partial charge in [0, 0.05) is 25.7 Å². The van der Waals surface area contributed by atoms with Crippen LogP contribution in [0.4, 0.5) is 11.6 Å². The third-order valence-electron chi connectivity index (χ3n) is 3.93. The quantitative estimate of drug-likeness (QED) is 0.893. The van der Waals surface area contributed by atoms with Gasteiger partial charge in [-0.3, -0.25) is 0 Å². The molecule has 18 heavy (non-hydrogen) atoms. The van der Waals surface area contributed by atoms with Gasteiger partial charge in [0.25, 0.3) is 0 Å². The Morgan fingerprint density at radius 1 is 1.28 bits per heavy atom. The summed E-state index contributed by atoms with van der Waals surface area (Å²) in [7, 11) is 1.92. The zero-order valence-corrected chi connectivity index (χ0v) is 12.0. The number of hydrogen-bond acceptors (Lipinski definition) is 4. The van der Waals surface area contributed by atoms with Crippen LogP contribution in [0, 0.1) is 5.41 Å². The standard InChI is InChI=1S/C14H24N4/c1-5-11-12(15-4)16-10-17-13(11)18-8-6-14(2,3)7-9-18/h10H,5-9H2,1-4H3,(H,15,16,17). The predicted octanol–water partition coefficient (Wildman–Crippen LogP) is 2.71. The molecule has 0 spiro atoms. The van der Waals surface area contributed by atoms with Crippen LogP contribution < -0.4 is 10.2 Å². The number of piperidine rings is 1. The van der Waals surface area contributed by atoms with E-state index in [4.69, 9.17) is 0 Å². The fraction of sp³-hybridized carbons (Fsp3) is 0.714. The van der Waals surface area contributed by atoms with Gasteiger partial charge in [0.1, 0.15) is 18.0 Å². The summed E-state index contributed by atoms with van der Waals surface area (Å²) in [5, 5.41) is 3.16. The Morgan fingerprint density at radius 2 is 1.94 bits per heavy atom. The molecule has 0 atom stereocenters. The van der Waals surface area contributed by atoms with Gasteiger partial charge in [-0.15, -0.1) is 0 Å². The lowest BCUT2D eigenvalue weighted by Crippen LogP contribution is -2.38. The highest BCUT2D eigenvalue weighted by Gasteiger charge is 2.27. The molecule has 0 radical (unpaired) electrons. The Labute approximate surface area is 110 Å². The lowest BCUT2D eigenvalue weighted by molar-refractivity contribution is 0.279. The van der Waals surface area contributed by atoms with Crippen LogP contribution in [0.25, 0.3) is 0 Å². The summed E-state index contributed by atoms with van der Waals surface area (Å²) in [6.07, 6.45) is 5.09. The van der Waals surface area contributed by atoms with Crippen LogP contribution in [0.5, 0.6) is 0 Å². The number of nitrogens with zero attached hydrogens (tertiary/aromatic N) is 3. The second-order valence-corrected chi connectivity index (χ2v) is 5.78. The Kier molecular flexibility index (Phi) is 3.73. The van der Waals surface area contributed by atoms with Crippen molar-refractivity contribution < 1.29 is 0 Å². The molecule has 2 heterocycles. The van der Waals surface area contributed by atoms with Gasteiger partial charge in [-0.2, -0.15) is 0 Å². The van der Waals surface area contributed by atoms with Crippen LogP contribution in [0.2, 0.25) is 0 Å². The first kappa shape index (κ1) is 13.1. The fourth-order valence-electron chi connectivity index (χ4n) is 2.54. The number of rotatable bonds is 3. The Balaban J connectivity index is 2.23. The number of nitrogens with one attached hydrogen (secondary N) is 1. The van der Waals surface area contributed by atoms with E-state index in [1.54, 1.807) is 6.33 Å². The third-order valence-corrected chi connectivity index (χ3v) is 3.93. The van der Waals surface area contributed by atoms with E-state index in [0.29, 0.717) is 5.41 Å². The number of hydrogen-bond donors (Lipinski definition) is 1. The topological polar surface area (TPSA) is 41.1 Å². The average molecular weight is 248 g/mol. The van der Waals surface area contributed by atoms with E-state index in [1.807, 2.05) is 7.05 Å². The maximum absolute atomic E-state index is 4.50. The van der Waals surface area contributed by atoms with Crippen molar-refractivity contribution in [2.75, 3.05) is 30.4 Å². The Morgan fingerprint density at radius 3 is 2.50 bits per heavy atom. The molecule has 1 aromatic heterocycles. The van der Waals surface area contributed by atoms with Gasteiger partial charge in [0.15, 0.2) is 0 Å². The van der Waals surface area contributed by atoms with Gasteiger partial charge < -0.3 is 10.2 Å². The zero-order valence-electron chi connectivity index (χ0n) is 12.0. The molecule has 0 saturated carbocycles. The molecule has 0 aliphatic carbocycles. The number of anilines is 2. The molecule has 100 valence electrons. The summed E-state index contributed by atoms with van der Waals surface area (Å²) in [4.78, 5) is 11.2. The summed E-state index contributed by atoms with van der Waals surface area (Å²) < 4.78 is 0. The van der Waals surface area contributed by atoms with Gasteiger partial charge in [0.05, 0.1) is 0 Å². The fourth-order valence-corrected chi connectivity index (χ4v) is 2.54. The first-order valence-electron chi connectivity index (χ1n) is 6.84. The highest BCUT2D eigenvalue weighted by Crippen LogP contribution is 2.33. The van der Waals surface area contributed by atoms with Crippen molar-refractivity contribution in [1.29, 1.82) is 0 Å². The van der Waals surface area contributed by atoms with Crippen LogP contribution in [0.15, 0.2) is 6.33 Å². The van der Waals surface area contributed by atoms with Crippen molar-refractivity contribution in [3.63, 3.8) is 0 Å². The molecule has 1 aliphatic heterocycles. The summed E-state index contributed by atoms with van der Waals surface area (Å²) in [6, 6.07) is 0. The van der Waals surface area contributed by atoms with Crippen molar-refractivity contribution in [3.8, 4) is 0 Å². The largest absolute Gasteiger partial charge is 0.373 e. The van der Waals surface area contributed by atoms with Crippen molar-refractivity contribution >= 4 is 11.6 Å². The van der Waals surface area contributed by atoms with Gasteiger partial charge >= 0.3 is 0 Å². The molecule has 1 saturated heterocycles. The van der Waals surface area contributed by atoms with E-state index in [9.17, 15) is 0 Å². The molecular weight excluding hydrogens is 224 g/mol. The van der Waals surface area contributed by atoms with E-state index >= 15 is 0 Å².